The molecule has 86 valence electrons. The number of halogens is 1. The van der Waals surface area contributed by atoms with E-state index in [-0.39, 0.29) is 6.61 Å². The third-order valence-electron chi connectivity index (χ3n) is 2.90. The van der Waals surface area contributed by atoms with Crippen LogP contribution in [0, 0.1) is 0 Å². The van der Waals surface area contributed by atoms with E-state index >= 15 is 0 Å². The normalized spacial score (nSPS) is 13.2. The van der Waals surface area contributed by atoms with Crippen LogP contribution in [-0.4, -0.2) is 14.7 Å². The Balaban J connectivity index is 2.70. The Morgan fingerprint density at radius 2 is 2.25 bits per heavy atom. The van der Waals surface area contributed by atoms with Crippen LogP contribution in [0.2, 0.25) is 5.02 Å². The maximum Gasteiger partial charge on any atom is 0.135 e. The SMILES string of the molecule is CC[C@H](C)n1c(CO)nc2ccc(Cl)cc21. The van der Waals surface area contributed by atoms with Gasteiger partial charge in [0.2, 0.25) is 0 Å². The van der Waals surface area contributed by atoms with Gasteiger partial charge in [-0.15, -0.1) is 0 Å². The Labute approximate surface area is 99.7 Å². The molecule has 0 fully saturated rings. The molecule has 4 heteroatoms. The highest BCUT2D eigenvalue weighted by Crippen LogP contribution is 2.25. The van der Waals surface area contributed by atoms with E-state index in [1.165, 1.54) is 0 Å². The van der Waals surface area contributed by atoms with Gasteiger partial charge in [0.1, 0.15) is 12.4 Å². The van der Waals surface area contributed by atoms with Crippen molar-refractivity contribution in [1.82, 2.24) is 9.55 Å². The summed E-state index contributed by atoms with van der Waals surface area (Å²) < 4.78 is 2.06. The quantitative estimate of drug-likeness (QED) is 0.892. The lowest BCUT2D eigenvalue weighted by atomic mass is 10.2. The maximum absolute atomic E-state index is 9.32. The van der Waals surface area contributed by atoms with Crippen LogP contribution in [0.3, 0.4) is 0 Å². The van der Waals surface area contributed by atoms with E-state index < -0.39 is 0 Å². The molecule has 0 bridgehead atoms. The summed E-state index contributed by atoms with van der Waals surface area (Å²) in [5.41, 5.74) is 1.87. The van der Waals surface area contributed by atoms with Crippen LogP contribution >= 0.6 is 11.6 Å². The Hall–Kier alpha value is -1.06. The Bertz CT molecular complexity index is 507. The van der Waals surface area contributed by atoms with E-state index in [0.29, 0.717) is 16.9 Å². The van der Waals surface area contributed by atoms with Gasteiger partial charge in [-0.1, -0.05) is 18.5 Å². The zero-order valence-corrected chi connectivity index (χ0v) is 10.2. The summed E-state index contributed by atoms with van der Waals surface area (Å²) in [7, 11) is 0. The lowest BCUT2D eigenvalue weighted by Gasteiger charge is -2.14. The summed E-state index contributed by atoms with van der Waals surface area (Å²) in [5, 5.41) is 10.0. The first kappa shape index (κ1) is 11.4. The van der Waals surface area contributed by atoms with E-state index in [2.05, 4.69) is 23.4 Å². The monoisotopic (exact) mass is 238 g/mol. The zero-order chi connectivity index (χ0) is 11.7. The zero-order valence-electron chi connectivity index (χ0n) is 9.44. The standard InChI is InChI=1S/C12H15ClN2O/c1-3-8(2)15-11-6-9(13)4-5-10(11)14-12(15)7-16/h4-6,8,16H,3,7H2,1-2H3/t8-/m0/s1. The Morgan fingerprint density at radius 1 is 1.50 bits per heavy atom. The first-order valence-corrected chi connectivity index (χ1v) is 5.82. The summed E-state index contributed by atoms with van der Waals surface area (Å²) in [6, 6.07) is 5.91. The number of aliphatic hydroxyl groups excluding tert-OH is 1. The molecule has 1 atom stereocenters. The van der Waals surface area contributed by atoms with E-state index in [0.717, 1.165) is 17.5 Å². The lowest BCUT2D eigenvalue weighted by Crippen LogP contribution is -2.08. The second kappa shape index (κ2) is 4.44. The minimum Gasteiger partial charge on any atom is -0.388 e. The number of aromatic nitrogens is 2. The van der Waals surface area contributed by atoms with E-state index in [1.807, 2.05) is 18.2 Å². The minimum atomic E-state index is -0.0450. The van der Waals surface area contributed by atoms with Gasteiger partial charge in [0, 0.05) is 11.1 Å². The summed E-state index contributed by atoms with van der Waals surface area (Å²) >= 11 is 5.99. The molecule has 0 aliphatic carbocycles. The topological polar surface area (TPSA) is 38.0 Å². The molecule has 16 heavy (non-hydrogen) atoms. The van der Waals surface area contributed by atoms with Crippen molar-refractivity contribution in [1.29, 1.82) is 0 Å². The smallest absolute Gasteiger partial charge is 0.135 e. The van der Waals surface area contributed by atoms with Crippen molar-refractivity contribution in [2.45, 2.75) is 32.9 Å². The second-order valence-corrected chi connectivity index (χ2v) is 4.38. The van der Waals surface area contributed by atoms with Gasteiger partial charge in [-0.25, -0.2) is 4.98 Å². The number of nitrogens with zero attached hydrogens (tertiary/aromatic N) is 2. The van der Waals surface area contributed by atoms with Crippen molar-refractivity contribution in [2.24, 2.45) is 0 Å². The third-order valence-corrected chi connectivity index (χ3v) is 3.13. The predicted octanol–water partition coefficient (Wildman–Crippen LogP) is 3.15. The molecular weight excluding hydrogens is 224 g/mol. The average molecular weight is 239 g/mol. The van der Waals surface area contributed by atoms with Crippen LogP contribution in [0.25, 0.3) is 11.0 Å². The van der Waals surface area contributed by atoms with Crippen LogP contribution in [-0.2, 0) is 6.61 Å². The molecule has 1 heterocycles. The van der Waals surface area contributed by atoms with Gasteiger partial charge >= 0.3 is 0 Å². The van der Waals surface area contributed by atoms with Gasteiger partial charge in [-0.05, 0) is 31.5 Å². The second-order valence-electron chi connectivity index (χ2n) is 3.95. The fraction of sp³-hybridized carbons (Fsp3) is 0.417. The highest BCUT2D eigenvalue weighted by atomic mass is 35.5. The molecule has 2 aromatic rings. The highest BCUT2D eigenvalue weighted by molar-refractivity contribution is 6.31. The number of aliphatic hydroxyl groups is 1. The van der Waals surface area contributed by atoms with Gasteiger partial charge in [0.05, 0.1) is 11.0 Å². The molecule has 0 aliphatic rings. The minimum absolute atomic E-state index is 0.0450. The molecule has 0 saturated carbocycles. The number of hydrogen-bond donors (Lipinski definition) is 1. The lowest BCUT2D eigenvalue weighted by molar-refractivity contribution is 0.262. The molecule has 0 radical (unpaired) electrons. The first-order valence-electron chi connectivity index (χ1n) is 5.44. The van der Waals surface area contributed by atoms with Crippen molar-refractivity contribution in [3.63, 3.8) is 0 Å². The molecule has 0 spiro atoms. The fourth-order valence-electron chi connectivity index (χ4n) is 1.90. The summed E-state index contributed by atoms with van der Waals surface area (Å²) in [6.45, 7) is 4.18. The fourth-order valence-corrected chi connectivity index (χ4v) is 2.07. The van der Waals surface area contributed by atoms with Crippen molar-refractivity contribution in [3.8, 4) is 0 Å². The number of imidazole rings is 1. The van der Waals surface area contributed by atoms with Gasteiger partial charge in [0.15, 0.2) is 0 Å². The summed E-state index contributed by atoms with van der Waals surface area (Å²) in [4.78, 5) is 4.40. The number of rotatable bonds is 3. The molecule has 1 aromatic heterocycles. The third kappa shape index (κ3) is 1.81. The van der Waals surface area contributed by atoms with Gasteiger partial charge < -0.3 is 9.67 Å². The predicted molar refractivity (Wildman–Crippen MR) is 65.7 cm³/mol. The van der Waals surface area contributed by atoms with Crippen LogP contribution < -0.4 is 0 Å². The molecule has 0 amide bonds. The Kier molecular flexibility index (Phi) is 3.17. The number of hydrogen-bond acceptors (Lipinski definition) is 2. The average Bonchev–Trinajstić information content (AvgIpc) is 2.65. The first-order chi connectivity index (χ1) is 7.67. The molecule has 2 rings (SSSR count). The summed E-state index contributed by atoms with van der Waals surface area (Å²) in [5.74, 6) is 0.701. The highest BCUT2D eigenvalue weighted by Gasteiger charge is 2.14. The number of fused-ring (bicyclic) bond motifs is 1. The van der Waals surface area contributed by atoms with Crippen molar-refractivity contribution < 1.29 is 5.11 Å². The van der Waals surface area contributed by atoms with Gasteiger partial charge in [0.25, 0.3) is 0 Å². The van der Waals surface area contributed by atoms with Crippen molar-refractivity contribution >= 4 is 22.6 Å². The Morgan fingerprint density at radius 3 is 2.88 bits per heavy atom. The number of benzene rings is 1. The van der Waals surface area contributed by atoms with Gasteiger partial charge in [-0.2, -0.15) is 0 Å². The van der Waals surface area contributed by atoms with E-state index in [4.69, 9.17) is 11.6 Å². The molecule has 3 nitrogen and oxygen atoms in total. The van der Waals surface area contributed by atoms with Crippen LogP contribution in [0.15, 0.2) is 18.2 Å². The van der Waals surface area contributed by atoms with Crippen molar-refractivity contribution in [3.05, 3.63) is 29.0 Å². The molecule has 1 aromatic carbocycles. The largest absolute Gasteiger partial charge is 0.388 e. The summed E-state index contributed by atoms with van der Waals surface area (Å²) in [6.07, 6.45) is 0.991. The molecule has 1 N–H and O–H groups in total. The maximum atomic E-state index is 9.32. The van der Waals surface area contributed by atoms with Crippen LogP contribution in [0.1, 0.15) is 32.1 Å². The molecule has 0 aliphatic heterocycles. The van der Waals surface area contributed by atoms with Crippen molar-refractivity contribution in [2.75, 3.05) is 0 Å². The molecule has 0 unspecified atom stereocenters. The molecule has 0 saturated heterocycles. The van der Waals surface area contributed by atoms with E-state index in [9.17, 15) is 5.11 Å². The molecular formula is C12H15ClN2O. The van der Waals surface area contributed by atoms with Gasteiger partial charge in [-0.3, -0.25) is 0 Å². The van der Waals surface area contributed by atoms with E-state index in [1.54, 1.807) is 0 Å². The van der Waals surface area contributed by atoms with Crippen LogP contribution in [0.5, 0.6) is 0 Å². The van der Waals surface area contributed by atoms with Crippen LogP contribution in [0.4, 0.5) is 0 Å².